The highest BCUT2D eigenvalue weighted by molar-refractivity contribution is 6.02. The molecule has 1 amide bonds. The van der Waals surface area contributed by atoms with Crippen molar-refractivity contribution in [3.8, 4) is 22.9 Å². The lowest BCUT2D eigenvalue weighted by Crippen LogP contribution is -2.40. The highest BCUT2D eigenvalue weighted by Gasteiger charge is 2.25. The van der Waals surface area contributed by atoms with Gasteiger partial charge in [0, 0.05) is 118 Å². The van der Waals surface area contributed by atoms with Crippen LogP contribution in [0.4, 0.5) is 34.6 Å². The van der Waals surface area contributed by atoms with Crippen LogP contribution in [0.15, 0.2) is 98.1 Å². The summed E-state index contributed by atoms with van der Waals surface area (Å²) < 4.78 is 49.7. The Labute approximate surface area is 498 Å². The number of nitrogens with zero attached hydrogens (tertiary/aromatic N) is 10. The van der Waals surface area contributed by atoms with Crippen molar-refractivity contribution in [3.05, 3.63) is 109 Å². The zero-order chi connectivity index (χ0) is 59.6. The molecule has 5 aromatic heterocycles. The van der Waals surface area contributed by atoms with Crippen molar-refractivity contribution in [1.82, 2.24) is 39.0 Å². The number of fused-ring (bicyclic) bond motifs is 2. The lowest BCUT2D eigenvalue weighted by molar-refractivity contribution is -0.111. The monoisotopic (exact) mass is 1170 g/mol. The number of pyridine rings is 1. The molecule has 1 saturated heterocycles. The topological polar surface area (TPSA) is 231 Å². The van der Waals surface area contributed by atoms with Crippen LogP contribution in [-0.4, -0.2) is 196 Å². The number of carbonyl (C=O) groups is 1. The van der Waals surface area contributed by atoms with E-state index < -0.39 is 0 Å². The number of benzene rings is 2. The maximum absolute atomic E-state index is 12.6. The predicted molar refractivity (Wildman–Crippen MR) is 331 cm³/mol. The third-order valence-corrected chi connectivity index (χ3v) is 14.6. The molecule has 23 nitrogen and oxygen atoms in total. The maximum Gasteiger partial charge on any atom is 0.247 e. The summed E-state index contributed by atoms with van der Waals surface area (Å²) in [5.74, 6) is 2.92. The van der Waals surface area contributed by atoms with Crippen LogP contribution in [0.1, 0.15) is 43.7 Å². The van der Waals surface area contributed by atoms with Crippen molar-refractivity contribution in [2.75, 3.05) is 166 Å². The number of piperidine rings is 1. The van der Waals surface area contributed by atoms with Crippen molar-refractivity contribution < 1.29 is 47.8 Å². The highest BCUT2D eigenvalue weighted by atomic mass is 16.6. The van der Waals surface area contributed by atoms with Crippen LogP contribution in [0.3, 0.4) is 0 Å². The molecule has 7 aromatic rings. The number of nitrogens with one attached hydrogen (secondary N) is 3. The molecule has 2 aromatic carbocycles. The van der Waals surface area contributed by atoms with Gasteiger partial charge in [0.1, 0.15) is 24.0 Å². The summed E-state index contributed by atoms with van der Waals surface area (Å²) in [6.45, 7) is 15.5. The average Bonchev–Trinajstić information content (AvgIpc) is 3.43. The van der Waals surface area contributed by atoms with Gasteiger partial charge in [-0.1, -0.05) is 37.8 Å². The Balaban J connectivity index is 0.614. The lowest BCUT2D eigenvalue weighted by atomic mass is 9.99. The van der Waals surface area contributed by atoms with Gasteiger partial charge in [-0.15, -0.1) is 0 Å². The van der Waals surface area contributed by atoms with Crippen molar-refractivity contribution in [2.45, 2.75) is 51.6 Å². The Morgan fingerprint density at radius 2 is 1.53 bits per heavy atom. The number of aromatic nitrogens is 7. The standard InChI is InChI=1S/C62H85N13O10/c1-7-47-44-66-75-57(41-58(70-61(47)75)74-21-12-11-13-48(74)19-25-76)64-42-46-16-17-60(65-43-46)85-38-37-84-36-35-83-34-33-82-32-31-81-30-29-80-28-27-79-26-24-71(3)22-23-72(4)55-40-56(78-6)53(39-52(55)67-59(77)8-2)69-62-63-20-18-51(68-62)50-45-73(5)54-15-10-9-14-49(50)54/h8-10,14-18,20,39-41,43-45,48,64,76H,2,7,11-13,19,21-38,42H2,1,3-6H3,(H,67,77)(H,63,68,69)/t48-/m0/s1. The number of aryl methyl sites for hydroxylation is 2. The zero-order valence-corrected chi connectivity index (χ0v) is 50.0. The molecule has 458 valence electrons. The van der Waals surface area contributed by atoms with Crippen molar-refractivity contribution in [2.24, 2.45) is 7.05 Å². The molecular formula is C62H85N13O10. The van der Waals surface area contributed by atoms with Crippen LogP contribution >= 0.6 is 0 Å². The Kier molecular flexibility index (Phi) is 25.3. The van der Waals surface area contributed by atoms with Crippen LogP contribution in [0.5, 0.6) is 11.6 Å². The SMILES string of the molecule is C=CC(=O)Nc1cc(Nc2nccc(-c3cn(C)c4ccccc34)n2)c(OC)cc1N(C)CCN(C)CCOCCOCCOCCOCCOCCOCCOc1ccc(CNc2cc(N3CCCC[C@H]3CCO)nc3c(CC)cnn23)cn1. The first-order valence-corrected chi connectivity index (χ1v) is 29.4. The van der Waals surface area contributed by atoms with Crippen LogP contribution < -0.4 is 35.2 Å². The number of rotatable bonds is 39. The Morgan fingerprint density at radius 1 is 0.812 bits per heavy atom. The number of hydrogen-bond donors (Lipinski definition) is 4. The summed E-state index contributed by atoms with van der Waals surface area (Å²) in [6, 6.07) is 20.0. The Bertz CT molecular complexity index is 3160. The minimum absolute atomic E-state index is 0.167. The average molecular weight is 1170 g/mol. The third-order valence-electron chi connectivity index (χ3n) is 14.6. The van der Waals surface area contributed by atoms with Crippen LogP contribution in [0.25, 0.3) is 27.8 Å². The molecule has 23 heteroatoms. The van der Waals surface area contributed by atoms with E-state index in [1.807, 2.05) is 80.5 Å². The number of aliphatic hydroxyl groups excluding tert-OH is 1. The zero-order valence-electron chi connectivity index (χ0n) is 50.0. The summed E-state index contributed by atoms with van der Waals surface area (Å²) in [4.78, 5) is 38.1. The predicted octanol–water partition coefficient (Wildman–Crippen LogP) is 7.41. The van der Waals surface area contributed by atoms with Gasteiger partial charge in [0.25, 0.3) is 0 Å². The number of carbonyl (C=O) groups excluding carboxylic acids is 1. The first kappa shape index (κ1) is 63.5. The Hall–Kier alpha value is -7.48. The molecule has 1 fully saturated rings. The fourth-order valence-corrected chi connectivity index (χ4v) is 9.91. The molecule has 4 N–H and O–H groups in total. The normalized spacial score (nSPS) is 13.4. The summed E-state index contributed by atoms with van der Waals surface area (Å²) in [7, 11) is 7.64. The molecular weight excluding hydrogens is 1090 g/mol. The largest absolute Gasteiger partial charge is 0.494 e. The van der Waals surface area contributed by atoms with Gasteiger partial charge in [0.05, 0.1) is 115 Å². The van der Waals surface area contributed by atoms with Crippen molar-refractivity contribution in [3.63, 3.8) is 0 Å². The number of aliphatic hydroxyl groups is 1. The fourth-order valence-electron chi connectivity index (χ4n) is 9.91. The van der Waals surface area contributed by atoms with Gasteiger partial charge in [-0.3, -0.25) is 4.79 Å². The fraction of sp³-hybridized carbons (Fsp3) is 0.484. The summed E-state index contributed by atoms with van der Waals surface area (Å²) in [5.41, 5.74) is 7.77. The number of ether oxygens (including phenoxy) is 8. The minimum Gasteiger partial charge on any atom is -0.494 e. The van der Waals surface area contributed by atoms with Crippen LogP contribution in [0.2, 0.25) is 0 Å². The summed E-state index contributed by atoms with van der Waals surface area (Å²) in [5, 5.41) is 25.3. The van der Waals surface area contributed by atoms with Crippen molar-refractivity contribution in [1.29, 1.82) is 0 Å². The van der Waals surface area contributed by atoms with Gasteiger partial charge in [0.15, 0.2) is 5.65 Å². The molecule has 1 aliphatic rings. The lowest BCUT2D eigenvalue weighted by Gasteiger charge is -2.36. The molecule has 0 radical (unpaired) electrons. The van der Waals surface area contributed by atoms with E-state index in [2.05, 4.69) is 88.2 Å². The number of likely N-dealkylation sites (N-methyl/N-ethyl adjacent to an activating group) is 2. The summed E-state index contributed by atoms with van der Waals surface area (Å²) in [6.07, 6.45) is 13.6. The third kappa shape index (κ3) is 18.8. The second kappa shape index (κ2) is 33.9. The van der Waals surface area contributed by atoms with Gasteiger partial charge in [-0.05, 0) is 69.0 Å². The van der Waals surface area contributed by atoms with Crippen LogP contribution in [0, 0.1) is 0 Å². The van der Waals surface area contributed by atoms with E-state index in [1.165, 1.54) is 12.5 Å². The second-order valence-corrected chi connectivity index (χ2v) is 20.5. The number of amides is 1. The first-order valence-electron chi connectivity index (χ1n) is 29.4. The molecule has 6 heterocycles. The van der Waals surface area contributed by atoms with Gasteiger partial charge >= 0.3 is 0 Å². The molecule has 0 spiro atoms. The molecule has 0 bridgehead atoms. The number of para-hydroxylation sites is 1. The van der Waals surface area contributed by atoms with Gasteiger partial charge in [-0.2, -0.15) is 9.61 Å². The second-order valence-electron chi connectivity index (χ2n) is 20.5. The minimum atomic E-state index is -0.336. The van der Waals surface area contributed by atoms with Gasteiger partial charge < -0.3 is 78.2 Å². The van der Waals surface area contributed by atoms with Crippen molar-refractivity contribution >= 4 is 57.1 Å². The van der Waals surface area contributed by atoms with E-state index in [0.717, 1.165) is 102 Å². The van der Waals surface area contributed by atoms with E-state index in [4.69, 9.17) is 47.9 Å². The number of hydrogen-bond acceptors (Lipinski definition) is 20. The molecule has 8 rings (SSSR count). The Morgan fingerprint density at radius 3 is 2.21 bits per heavy atom. The summed E-state index contributed by atoms with van der Waals surface area (Å²) >= 11 is 0. The smallest absolute Gasteiger partial charge is 0.247 e. The molecule has 85 heavy (non-hydrogen) atoms. The van der Waals surface area contributed by atoms with E-state index in [9.17, 15) is 9.90 Å². The quantitative estimate of drug-likeness (QED) is 0.0217. The van der Waals surface area contributed by atoms with E-state index in [0.29, 0.717) is 128 Å². The molecule has 1 atom stereocenters. The molecule has 0 unspecified atom stereocenters. The van der Waals surface area contributed by atoms with E-state index in [1.54, 1.807) is 13.3 Å². The van der Waals surface area contributed by atoms with E-state index >= 15 is 0 Å². The van der Waals surface area contributed by atoms with Gasteiger partial charge in [-0.25, -0.2) is 19.9 Å². The van der Waals surface area contributed by atoms with E-state index in [-0.39, 0.29) is 18.6 Å². The highest BCUT2D eigenvalue weighted by Crippen LogP contribution is 2.39. The molecule has 0 aliphatic carbocycles. The van der Waals surface area contributed by atoms with Gasteiger partial charge in [0.2, 0.25) is 17.7 Å². The van der Waals surface area contributed by atoms with Crippen LogP contribution in [-0.2, 0) is 53.2 Å². The first-order chi connectivity index (χ1) is 41.7. The number of methoxy groups -OCH3 is 1. The molecule has 1 aliphatic heterocycles. The molecule has 0 saturated carbocycles. The maximum atomic E-state index is 12.6. The number of anilines is 6.